The second-order valence-electron chi connectivity index (χ2n) is 23.4. The summed E-state index contributed by atoms with van der Waals surface area (Å²) in [5.74, 6) is 3.35. The Morgan fingerprint density at radius 3 is 1.07 bits per heavy atom. The van der Waals surface area contributed by atoms with Crippen LogP contribution < -0.4 is 0 Å². The van der Waals surface area contributed by atoms with Gasteiger partial charge in [0.25, 0.3) is 0 Å². The van der Waals surface area contributed by atoms with Crippen LogP contribution in [0.3, 0.4) is 0 Å². The van der Waals surface area contributed by atoms with Crippen molar-refractivity contribution in [3.8, 4) is 80.1 Å². The molecule has 0 aliphatic rings. The minimum atomic E-state index is -0.0203. The third kappa shape index (κ3) is 9.68. The van der Waals surface area contributed by atoms with Crippen LogP contribution in [0.4, 0.5) is 0 Å². The van der Waals surface area contributed by atoms with Gasteiger partial charge in [0.15, 0.2) is 34.9 Å². The van der Waals surface area contributed by atoms with Crippen molar-refractivity contribution >= 4 is 21.8 Å². The molecule has 8 nitrogen and oxygen atoms in total. The van der Waals surface area contributed by atoms with E-state index < -0.39 is 0 Å². The first-order chi connectivity index (χ1) is 34.6. The fourth-order valence-corrected chi connectivity index (χ4v) is 9.35. The molecule has 10 rings (SSSR count). The lowest BCUT2D eigenvalue weighted by molar-refractivity contribution is 0.590. The van der Waals surface area contributed by atoms with Gasteiger partial charge in [-0.3, -0.25) is 0 Å². The molecule has 0 aliphatic carbocycles. The van der Waals surface area contributed by atoms with E-state index in [-0.39, 0.29) is 21.7 Å². The SMILES string of the molecule is CC(C)(C)c1ccc(-c2nc(-c3ccc(C(C)(C)C)cc3)nc(-c3ccc4c(c3)c3ccccc3n4-c3ccc(C#N)cc3-c3nc(-c4ccc(C(C)(C)C)cc4)nc(-c4ccc(C(C)(C)C)cc4)n3)n2)cc1. The molecule has 3 heterocycles. The zero-order chi connectivity index (χ0) is 51.6. The lowest BCUT2D eigenvalue weighted by atomic mass is 9.86. The number of para-hydroxylation sites is 1. The van der Waals surface area contributed by atoms with Crippen LogP contribution in [0.15, 0.2) is 158 Å². The van der Waals surface area contributed by atoms with E-state index in [1.54, 1.807) is 0 Å². The summed E-state index contributed by atoms with van der Waals surface area (Å²) in [6.45, 7) is 26.6. The predicted octanol–water partition coefficient (Wildman–Crippen LogP) is 16.2. The summed E-state index contributed by atoms with van der Waals surface area (Å²) in [5.41, 5.74) is 13.3. The molecule has 0 unspecified atom stereocenters. The normalized spacial score (nSPS) is 12.4. The maximum atomic E-state index is 10.4. The third-order valence-corrected chi connectivity index (χ3v) is 13.8. The average Bonchev–Trinajstić information content (AvgIpc) is 3.71. The number of rotatable bonds is 7. The summed E-state index contributed by atoms with van der Waals surface area (Å²) in [6, 6.07) is 57.1. The van der Waals surface area contributed by atoms with Crippen molar-refractivity contribution in [2.24, 2.45) is 0 Å². The highest BCUT2D eigenvalue weighted by atomic mass is 15.1. The molecule has 0 saturated carbocycles. The fraction of sp³-hybridized carbons (Fsp3) is 0.246. The van der Waals surface area contributed by atoms with Crippen LogP contribution in [-0.2, 0) is 21.7 Å². The number of nitriles is 1. The zero-order valence-corrected chi connectivity index (χ0v) is 44.1. The molecule has 73 heavy (non-hydrogen) atoms. The van der Waals surface area contributed by atoms with Crippen molar-refractivity contribution in [2.75, 3.05) is 0 Å². The topological polar surface area (TPSA) is 106 Å². The summed E-state index contributed by atoms with van der Waals surface area (Å²) < 4.78 is 2.25. The molecular formula is C65H62N8. The standard InChI is InChI=1S/C65H62N8/c1-62(2,3)46-27-18-41(19-28-46)56-67-57(42-20-29-47(30-21-42)63(4,5)6)70-60(69-56)45-26-36-54-51(38-45)50-15-13-14-16-53(50)73(54)55-35-17-40(39-66)37-52(55)61-71-58(43-22-31-48(32-23-43)64(7,8)9)68-59(72-61)44-24-33-49(34-25-44)65(10,11)12/h13-38H,1-12H3. The summed E-state index contributed by atoms with van der Waals surface area (Å²) in [6.07, 6.45) is 0. The van der Waals surface area contributed by atoms with Crippen LogP contribution in [0.5, 0.6) is 0 Å². The van der Waals surface area contributed by atoms with Crippen LogP contribution in [0.1, 0.15) is 111 Å². The van der Waals surface area contributed by atoms with E-state index in [0.29, 0.717) is 46.1 Å². The molecule has 0 aliphatic heterocycles. The molecular weight excluding hydrogens is 893 g/mol. The molecule has 0 atom stereocenters. The molecule has 7 aromatic carbocycles. The minimum absolute atomic E-state index is 0.00488. The summed E-state index contributed by atoms with van der Waals surface area (Å²) in [7, 11) is 0. The molecule has 0 radical (unpaired) electrons. The van der Waals surface area contributed by atoms with Crippen molar-refractivity contribution in [1.82, 2.24) is 34.5 Å². The van der Waals surface area contributed by atoms with Crippen LogP contribution in [0.2, 0.25) is 0 Å². The van der Waals surface area contributed by atoms with Gasteiger partial charge in [-0.15, -0.1) is 0 Å². The van der Waals surface area contributed by atoms with Crippen molar-refractivity contribution in [3.63, 3.8) is 0 Å². The van der Waals surface area contributed by atoms with E-state index in [1.165, 1.54) is 22.3 Å². The van der Waals surface area contributed by atoms with Crippen LogP contribution in [-0.4, -0.2) is 34.5 Å². The van der Waals surface area contributed by atoms with E-state index >= 15 is 0 Å². The Morgan fingerprint density at radius 2 is 0.685 bits per heavy atom. The highest BCUT2D eigenvalue weighted by molar-refractivity contribution is 6.11. The van der Waals surface area contributed by atoms with Gasteiger partial charge in [-0.2, -0.15) is 5.26 Å². The van der Waals surface area contributed by atoms with Gasteiger partial charge in [0, 0.05) is 44.2 Å². The van der Waals surface area contributed by atoms with E-state index in [9.17, 15) is 5.26 Å². The van der Waals surface area contributed by atoms with Crippen LogP contribution in [0.25, 0.3) is 95.8 Å². The molecule has 0 N–H and O–H groups in total. The molecule has 3 aromatic heterocycles. The first-order valence-electron chi connectivity index (χ1n) is 25.2. The molecule has 0 bridgehead atoms. The Labute approximate surface area is 430 Å². The Bertz CT molecular complexity index is 3580. The molecule has 0 fully saturated rings. The lowest BCUT2D eigenvalue weighted by Gasteiger charge is -2.19. The van der Waals surface area contributed by atoms with E-state index in [4.69, 9.17) is 29.9 Å². The highest BCUT2D eigenvalue weighted by Crippen LogP contribution is 2.39. The third-order valence-electron chi connectivity index (χ3n) is 13.8. The van der Waals surface area contributed by atoms with Crippen molar-refractivity contribution in [3.05, 3.63) is 186 Å². The Hall–Kier alpha value is -8.15. The van der Waals surface area contributed by atoms with Crippen LogP contribution in [0, 0.1) is 11.3 Å². The lowest BCUT2D eigenvalue weighted by Crippen LogP contribution is -2.11. The molecule has 8 heteroatoms. The van der Waals surface area contributed by atoms with Gasteiger partial charge < -0.3 is 4.57 Å². The molecule has 362 valence electrons. The number of hydrogen-bond donors (Lipinski definition) is 0. The first kappa shape index (κ1) is 48.5. The molecule has 10 aromatic rings. The maximum absolute atomic E-state index is 10.4. The number of benzene rings is 7. The van der Waals surface area contributed by atoms with Crippen molar-refractivity contribution in [2.45, 2.75) is 105 Å². The molecule has 0 amide bonds. The van der Waals surface area contributed by atoms with Crippen LogP contribution >= 0.6 is 0 Å². The highest BCUT2D eigenvalue weighted by Gasteiger charge is 2.24. The predicted molar refractivity (Wildman–Crippen MR) is 300 cm³/mol. The first-order valence-corrected chi connectivity index (χ1v) is 25.2. The number of aromatic nitrogens is 7. The van der Waals surface area contributed by atoms with Gasteiger partial charge in [-0.1, -0.05) is 198 Å². The minimum Gasteiger partial charge on any atom is -0.308 e. The fourth-order valence-electron chi connectivity index (χ4n) is 9.35. The van der Waals surface area contributed by atoms with E-state index in [0.717, 1.165) is 55.3 Å². The van der Waals surface area contributed by atoms with Gasteiger partial charge in [0.1, 0.15) is 0 Å². The number of hydrogen-bond acceptors (Lipinski definition) is 7. The van der Waals surface area contributed by atoms with E-state index in [2.05, 4.69) is 233 Å². The van der Waals surface area contributed by atoms with Gasteiger partial charge in [0.05, 0.1) is 28.4 Å². The second kappa shape index (κ2) is 18.2. The molecule has 0 spiro atoms. The Kier molecular flexibility index (Phi) is 12.1. The smallest absolute Gasteiger partial charge is 0.166 e. The van der Waals surface area contributed by atoms with Gasteiger partial charge in [-0.25, -0.2) is 29.9 Å². The largest absolute Gasteiger partial charge is 0.308 e. The number of fused-ring (bicyclic) bond motifs is 3. The summed E-state index contributed by atoms with van der Waals surface area (Å²) in [5, 5.41) is 12.5. The quantitative estimate of drug-likeness (QED) is 0.157. The van der Waals surface area contributed by atoms with Gasteiger partial charge in [0.2, 0.25) is 0 Å². The Balaban J connectivity index is 1.15. The number of nitrogens with zero attached hydrogens (tertiary/aromatic N) is 8. The van der Waals surface area contributed by atoms with Gasteiger partial charge in [-0.05, 0) is 86.4 Å². The Morgan fingerprint density at radius 1 is 0.342 bits per heavy atom. The average molecular weight is 955 g/mol. The monoisotopic (exact) mass is 955 g/mol. The van der Waals surface area contributed by atoms with Crippen molar-refractivity contribution < 1.29 is 0 Å². The van der Waals surface area contributed by atoms with Gasteiger partial charge >= 0.3 is 0 Å². The second-order valence-corrected chi connectivity index (χ2v) is 23.4. The molecule has 0 saturated heterocycles. The van der Waals surface area contributed by atoms with E-state index in [1.807, 2.05) is 18.2 Å². The zero-order valence-electron chi connectivity index (χ0n) is 44.1. The summed E-state index contributed by atoms with van der Waals surface area (Å²) in [4.78, 5) is 31.1. The summed E-state index contributed by atoms with van der Waals surface area (Å²) >= 11 is 0. The van der Waals surface area contributed by atoms with Crippen molar-refractivity contribution in [1.29, 1.82) is 5.26 Å². The maximum Gasteiger partial charge on any atom is 0.166 e.